The second-order valence-electron chi connectivity index (χ2n) is 10.3. The fourth-order valence-electron chi connectivity index (χ4n) is 3.16. The van der Waals surface area contributed by atoms with Crippen LogP contribution < -0.4 is 10.6 Å². The molecule has 2 atom stereocenters. The fourth-order valence-corrected chi connectivity index (χ4v) is 3.16. The Hall–Kier alpha value is -3.68. The van der Waals surface area contributed by atoms with Crippen LogP contribution in [0.4, 0.5) is 0 Å². The third kappa shape index (κ3) is 16.0. The monoisotopic (exact) mass is 540 g/mol. The molecule has 2 N–H and O–H groups in total. The molecule has 214 valence electrons. The van der Waals surface area contributed by atoms with Gasteiger partial charge in [-0.3, -0.25) is 9.59 Å². The van der Waals surface area contributed by atoms with Crippen LogP contribution in [0.2, 0.25) is 0 Å². The van der Waals surface area contributed by atoms with E-state index in [-0.39, 0.29) is 30.1 Å². The second-order valence-corrected chi connectivity index (χ2v) is 10.3. The highest BCUT2D eigenvalue weighted by Gasteiger charge is 2.18. The average molecular weight is 541 g/mol. The summed E-state index contributed by atoms with van der Waals surface area (Å²) < 4.78 is 10.1. The van der Waals surface area contributed by atoms with Crippen LogP contribution in [0.25, 0.3) is 0 Å². The first-order valence-electron chi connectivity index (χ1n) is 13.5. The lowest BCUT2D eigenvalue weighted by molar-refractivity contribution is -0.148. The molecule has 0 bridgehead atoms. The van der Waals surface area contributed by atoms with Crippen molar-refractivity contribution in [1.29, 1.82) is 0 Å². The van der Waals surface area contributed by atoms with Crippen LogP contribution in [-0.2, 0) is 41.5 Å². The molecule has 0 spiro atoms. The molecule has 0 aliphatic rings. The maximum atomic E-state index is 11.8. The Morgan fingerprint density at radius 1 is 0.615 bits per heavy atom. The maximum Gasteiger partial charge on any atom is 0.328 e. The number of benzene rings is 2. The summed E-state index contributed by atoms with van der Waals surface area (Å²) in [5.74, 6) is -0.513. The van der Waals surface area contributed by atoms with Gasteiger partial charge in [-0.25, -0.2) is 9.59 Å². The molecule has 8 heteroatoms. The van der Waals surface area contributed by atoms with Crippen molar-refractivity contribution in [2.24, 2.45) is 11.8 Å². The summed E-state index contributed by atoms with van der Waals surface area (Å²) >= 11 is 0. The summed E-state index contributed by atoms with van der Waals surface area (Å²) in [6.45, 7) is 11.9. The number of amides is 2. The molecule has 0 saturated carbocycles. The van der Waals surface area contributed by atoms with Gasteiger partial charge in [-0.15, -0.1) is 0 Å². The van der Waals surface area contributed by atoms with Gasteiger partial charge < -0.3 is 20.1 Å². The topological polar surface area (TPSA) is 111 Å². The van der Waals surface area contributed by atoms with E-state index < -0.39 is 18.1 Å². The van der Waals surface area contributed by atoms with Gasteiger partial charge in [-0.1, -0.05) is 88.4 Å². The van der Waals surface area contributed by atoms with Crippen LogP contribution in [-0.4, -0.2) is 49.1 Å². The van der Waals surface area contributed by atoms with E-state index in [2.05, 4.69) is 10.6 Å². The third-order valence-electron chi connectivity index (χ3n) is 5.27. The first kappa shape index (κ1) is 33.3. The van der Waals surface area contributed by atoms with E-state index in [0.717, 1.165) is 11.1 Å². The van der Waals surface area contributed by atoms with E-state index >= 15 is 0 Å². The summed E-state index contributed by atoms with van der Waals surface area (Å²) in [6, 6.07) is 18.0. The predicted octanol–water partition coefficient (Wildman–Crippen LogP) is 4.26. The van der Waals surface area contributed by atoms with Gasteiger partial charge in [0.05, 0.1) is 19.6 Å². The predicted molar refractivity (Wildman–Crippen MR) is 152 cm³/mol. The number of ether oxygens (including phenoxy) is 2. The third-order valence-corrected chi connectivity index (χ3v) is 5.27. The van der Waals surface area contributed by atoms with Gasteiger partial charge in [0.15, 0.2) is 0 Å². The highest BCUT2D eigenvalue weighted by molar-refractivity contribution is 5.85. The molecular formula is C31H44N2O6. The van der Waals surface area contributed by atoms with Crippen molar-refractivity contribution < 1.29 is 28.7 Å². The van der Waals surface area contributed by atoms with E-state index in [9.17, 15) is 19.2 Å². The molecule has 39 heavy (non-hydrogen) atoms. The first-order chi connectivity index (χ1) is 18.5. The minimum atomic E-state index is -0.616. The summed E-state index contributed by atoms with van der Waals surface area (Å²) in [5, 5.41) is 5.30. The number of carbonyl (C=O) groups is 4. The molecule has 0 radical (unpaired) electrons. The molecular weight excluding hydrogens is 496 g/mol. The molecule has 8 nitrogen and oxygen atoms in total. The molecule has 0 aliphatic carbocycles. The van der Waals surface area contributed by atoms with Gasteiger partial charge in [0, 0.05) is 6.42 Å². The van der Waals surface area contributed by atoms with Gasteiger partial charge in [0.25, 0.3) is 0 Å². The highest BCUT2D eigenvalue weighted by atomic mass is 16.5. The van der Waals surface area contributed by atoms with Crippen molar-refractivity contribution in [1.82, 2.24) is 10.6 Å². The Balaban J connectivity index is 0.000000391. The first-order valence-corrected chi connectivity index (χ1v) is 13.5. The van der Waals surface area contributed by atoms with E-state index in [0.29, 0.717) is 32.0 Å². The molecule has 2 amide bonds. The van der Waals surface area contributed by atoms with E-state index in [1.54, 1.807) is 13.8 Å². The van der Waals surface area contributed by atoms with Crippen molar-refractivity contribution in [3.8, 4) is 0 Å². The van der Waals surface area contributed by atoms with E-state index in [1.165, 1.54) is 0 Å². The van der Waals surface area contributed by atoms with Crippen molar-refractivity contribution in [2.75, 3.05) is 13.2 Å². The zero-order valence-corrected chi connectivity index (χ0v) is 24.1. The molecule has 0 heterocycles. The molecule has 2 aromatic rings. The summed E-state index contributed by atoms with van der Waals surface area (Å²) in [5.41, 5.74) is 2.03. The Morgan fingerprint density at radius 3 is 1.46 bits per heavy atom. The van der Waals surface area contributed by atoms with Gasteiger partial charge in [-0.05, 0) is 43.2 Å². The van der Waals surface area contributed by atoms with Gasteiger partial charge >= 0.3 is 11.9 Å². The van der Waals surface area contributed by atoms with Crippen LogP contribution >= 0.6 is 0 Å². The lowest BCUT2D eigenvalue weighted by Gasteiger charge is -2.14. The van der Waals surface area contributed by atoms with E-state index in [4.69, 9.17) is 9.47 Å². The Labute approximate surface area is 232 Å². The lowest BCUT2D eigenvalue weighted by Crippen LogP contribution is -2.40. The maximum absolute atomic E-state index is 11.8. The molecule has 0 aliphatic heterocycles. The zero-order chi connectivity index (χ0) is 29.2. The minimum absolute atomic E-state index is 0.136. The molecule has 0 saturated heterocycles. The quantitative estimate of drug-likeness (QED) is 0.368. The molecule has 2 rings (SSSR count). The van der Waals surface area contributed by atoms with Crippen LogP contribution in [0.15, 0.2) is 60.7 Å². The molecule has 2 aromatic carbocycles. The van der Waals surface area contributed by atoms with Gasteiger partial charge in [-0.2, -0.15) is 0 Å². The summed E-state index contributed by atoms with van der Waals surface area (Å²) in [4.78, 5) is 46.7. The van der Waals surface area contributed by atoms with Gasteiger partial charge in [0.1, 0.15) is 12.1 Å². The number of carbonyl (C=O) groups excluding carboxylic acids is 4. The van der Waals surface area contributed by atoms with Crippen LogP contribution in [0, 0.1) is 11.8 Å². The van der Waals surface area contributed by atoms with Crippen molar-refractivity contribution in [3.05, 3.63) is 71.8 Å². The number of hydrogen-bond donors (Lipinski definition) is 2. The summed E-state index contributed by atoms with van der Waals surface area (Å²) in [6.07, 6.45) is 1.30. The molecule has 0 fully saturated rings. The normalized spacial score (nSPS) is 12.0. The SMILES string of the molecule is CC(C)COC(=O)C(C)NC(=O)CCc1ccccc1.CC(C)COC(=O)C(C)NC(=O)Cc1ccccc1. The van der Waals surface area contributed by atoms with Gasteiger partial charge in [0.2, 0.25) is 11.8 Å². The van der Waals surface area contributed by atoms with Crippen LogP contribution in [0.3, 0.4) is 0 Å². The number of rotatable bonds is 13. The zero-order valence-electron chi connectivity index (χ0n) is 24.1. The van der Waals surface area contributed by atoms with Crippen LogP contribution in [0.5, 0.6) is 0 Å². The largest absolute Gasteiger partial charge is 0.464 e. The van der Waals surface area contributed by atoms with Crippen molar-refractivity contribution in [2.45, 2.75) is 72.9 Å². The molecule has 0 aromatic heterocycles. The lowest BCUT2D eigenvalue weighted by atomic mass is 10.1. The highest BCUT2D eigenvalue weighted by Crippen LogP contribution is 2.03. The number of aryl methyl sites for hydroxylation is 1. The van der Waals surface area contributed by atoms with Crippen molar-refractivity contribution >= 4 is 23.8 Å². The smallest absolute Gasteiger partial charge is 0.328 e. The van der Waals surface area contributed by atoms with E-state index in [1.807, 2.05) is 88.4 Å². The Morgan fingerprint density at radius 2 is 1.03 bits per heavy atom. The number of hydrogen-bond acceptors (Lipinski definition) is 6. The Bertz CT molecular complexity index is 1010. The van der Waals surface area contributed by atoms with Crippen LogP contribution in [0.1, 0.15) is 59.1 Å². The number of nitrogens with one attached hydrogen (secondary N) is 2. The minimum Gasteiger partial charge on any atom is -0.464 e. The second kappa shape index (κ2) is 18.6. The standard InChI is InChI=1S/C16H23NO3.C15H21NO3/c1-12(2)11-20-16(19)13(3)17-15(18)10-9-14-7-5-4-6-8-14;1-11(2)10-19-15(18)12(3)16-14(17)9-13-7-5-4-6-8-13/h4-8,12-13H,9-11H2,1-3H3,(H,17,18);4-8,11-12H,9-10H2,1-3H3,(H,16,17). The molecule has 2 unspecified atom stereocenters. The fraction of sp³-hybridized carbons (Fsp3) is 0.484. The number of esters is 2. The average Bonchev–Trinajstić information content (AvgIpc) is 2.90. The summed E-state index contributed by atoms with van der Waals surface area (Å²) in [7, 11) is 0. The van der Waals surface area contributed by atoms with Crippen molar-refractivity contribution in [3.63, 3.8) is 0 Å². The Kier molecular flexibility index (Phi) is 15.9.